The first-order valence-electron chi connectivity index (χ1n) is 5.82. The van der Waals surface area contributed by atoms with Gasteiger partial charge in [0, 0.05) is 5.75 Å². The van der Waals surface area contributed by atoms with Crippen molar-refractivity contribution in [3.05, 3.63) is 5.82 Å². The molecule has 6 heteroatoms. The van der Waals surface area contributed by atoms with Crippen LogP contribution in [0.15, 0.2) is 0 Å². The Balaban J connectivity index is 1.91. The number of nitrogens with one attached hydrogen (secondary N) is 1. The first kappa shape index (κ1) is 11.9. The molecule has 2 heterocycles. The average Bonchev–Trinajstić information content (AvgIpc) is 2.84. The Morgan fingerprint density at radius 1 is 1.56 bits per heavy atom. The number of hydrogen-bond acceptors (Lipinski definition) is 5. The lowest BCUT2D eigenvalue weighted by molar-refractivity contribution is 0.452. The first-order chi connectivity index (χ1) is 7.77. The van der Waals surface area contributed by atoms with Gasteiger partial charge in [0.2, 0.25) is 0 Å². The summed E-state index contributed by atoms with van der Waals surface area (Å²) < 4.78 is 1.99. The highest BCUT2D eigenvalue weighted by Gasteiger charge is 2.21. The van der Waals surface area contributed by atoms with Crippen molar-refractivity contribution in [3.8, 4) is 0 Å². The minimum absolute atomic E-state index is 0.496. The summed E-state index contributed by atoms with van der Waals surface area (Å²) in [5, 5.41) is 15.3. The number of nitrogens with zero attached hydrogens (tertiary/aromatic N) is 4. The number of tetrazole rings is 1. The summed E-state index contributed by atoms with van der Waals surface area (Å²) in [5.74, 6) is 3.99. The van der Waals surface area contributed by atoms with Gasteiger partial charge in [-0.2, -0.15) is 11.8 Å². The van der Waals surface area contributed by atoms with Crippen LogP contribution in [0, 0.1) is 5.92 Å². The molecule has 1 aromatic heterocycles. The molecule has 1 fully saturated rings. The third-order valence-corrected chi connectivity index (χ3v) is 3.79. The van der Waals surface area contributed by atoms with Crippen molar-refractivity contribution in [3.63, 3.8) is 0 Å². The van der Waals surface area contributed by atoms with E-state index in [4.69, 9.17) is 0 Å². The van der Waals surface area contributed by atoms with Crippen LogP contribution in [0.3, 0.4) is 0 Å². The number of thioether (sulfide) groups is 1. The van der Waals surface area contributed by atoms with E-state index in [1.54, 1.807) is 0 Å². The van der Waals surface area contributed by atoms with Gasteiger partial charge in [-0.05, 0) is 35.1 Å². The summed E-state index contributed by atoms with van der Waals surface area (Å²) in [7, 11) is 0. The molecule has 1 saturated heterocycles. The topological polar surface area (TPSA) is 55.6 Å². The van der Waals surface area contributed by atoms with Gasteiger partial charge < -0.3 is 5.32 Å². The maximum Gasteiger partial charge on any atom is 0.165 e. The van der Waals surface area contributed by atoms with Crippen molar-refractivity contribution in [2.24, 2.45) is 5.92 Å². The number of hydrogen-bond donors (Lipinski definition) is 1. The monoisotopic (exact) mass is 241 g/mol. The number of aromatic nitrogens is 4. The standard InChI is InChI=1S/C10H19N5S/c1-8(2)5-11-6-10-12-13-14-15(10)9-3-4-16-7-9/h8-9,11H,3-7H2,1-2H3. The van der Waals surface area contributed by atoms with E-state index in [2.05, 4.69) is 34.7 Å². The maximum atomic E-state index is 4.10. The summed E-state index contributed by atoms with van der Waals surface area (Å²) in [6.45, 7) is 6.17. The van der Waals surface area contributed by atoms with Gasteiger partial charge in [0.05, 0.1) is 12.6 Å². The van der Waals surface area contributed by atoms with Crippen LogP contribution in [0.1, 0.15) is 32.1 Å². The van der Waals surface area contributed by atoms with Crippen LogP contribution in [0.2, 0.25) is 0 Å². The van der Waals surface area contributed by atoms with Crippen LogP contribution in [-0.2, 0) is 6.54 Å². The Hall–Kier alpha value is -0.620. The summed E-state index contributed by atoms with van der Waals surface area (Å²) in [5.41, 5.74) is 0. The van der Waals surface area contributed by atoms with E-state index in [1.807, 2.05) is 16.4 Å². The molecule has 1 aliphatic heterocycles. The van der Waals surface area contributed by atoms with Crippen molar-refractivity contribution in [2.75, 3.05) is 18.1 Å². The lowest BCUT2D eigenvalue weighted by Crippen LogP contribution is -2.23. The second-order valence-electron chi connectivity index (χ2n) is 4.58. The molecular formula is C10H19N5S. The van der Waals surface area contributed by atoms with Crippen LogP contribution in [0.4, 0.5) is 0 Å². The molecule has 1 aromatic rings. The highest BCUT2D eigenvalue weighted by atomic mass is 32.2. The van der Waals surface area contributed by atoms with Crippen LogP contribution in [0.25, 0.3) is 0 Å². The molecular weight excluding hydrogens is 222 g/mol. The second-order valence-corrected chi connectivity index (χ2v) is 5.73. The average molecular weight is 241 g/mol. The van der Waals surface area contributed by atoms with Gasteiger partial charge in [-0.3, -0.25) is 0 Å². The molecule has 0 aromatic carbocycles. The van der Waals surface area contributed by atoms with Gasteiger partial charge >= 0.3 is 0 Å². The van der Waals surface area contributed by atoms with E-state index in [-0.39, 0.29) is 0 Å². The van der Waals surface area contributed by atoms with Gasteiger partial charge in [-0.1, -0.05) is 13.8 Å². The lowest BCUT2D eigenvalue weighted by atomic mass is 10.2. The molecule has 2 rings (SSSR count). The van der Waals surface area contributed by atoms with Crippen molar-refractivity contribution in [1.82, 2.24) is 25.5 Å². The Kier molecular flexibility index (Phi) is 4.17. The summed E-state index contributed by atoms with van der Waals surface area (Å²) in [6, 6.07) is 0.496. The van der Waals surface area contributed by atoms with Gasteiger partial charge in [0.1, 0.15) is 0 Å². The van der Waals surface area contributed by atoms with E-state index in [9.17, 15) is 0 Å². The van der Waals surface area contributed by atoms with E-state index >= 15 is 0 Å². The molecule has 0 bridgehead atoms. The molecule has 5 nitrogen and oxygen atoms in total. The molecule has 1 atom stereocenters. The van der Waals surface area contributed by atoms with Crippen molar-refractivity contribution >= 4 is 11.8 Å². The molecule has 90 valence electrons. The summed E-state index contributed by atoms with van der Waals surface area (Å²) in [6.07, 6.45) is 1.19. The number of rotatable bonds is 5. The molecule has 0 spiro atoms. The first-order valence-corrected chi connectivity index (χ1v) is 6.98. The quantitative estimate of drug-likeness (QED) is 0.836. The van der Waals surface area contributed by atoms with Gasteiger partial charge in [0.15, 0.2) is 5.82 Å². The SMILES string of the molecule is CC(C)CNCc1nnnn1C1CCSC1. The van der Waals surface area contributed by atoms with E-state index in [0.29, 0.717) is 12.0 Å². The van der Waals surface area contributed by atoms with Gasteiger partial charge in [0.25, 0.3) is 0 Å². The Morgan fingerprint density at radius 2 is 2.44 bits per heavy atom. The summed E-state index contributed by atoms with van der Waals surface area (Å²) in [4.78, 5) is 0. The maximum absolute atomic E-state index is 4.10. The van der Waals surface area contributed by atoms with E-state index in [0.717, 1.165) is 24.7 Å². The zero-order valence-corrected chi connectivity index (χ0v) is 10.7. The smallest absolute Gasteiger partial charge is 0.165 e. The predicted molar refractivity (Wildman–Crippen MR) is 65.3 cm³/mol. The van der Waals surface area contributed by atoms with Crippen molar-refractivity contribution < 1.29 is 0 Å². The highest BCUT2D eigenvalue weighted by molar-refractivity contribution is 7.99. The molecule has 0 aliphatic carbocycles. The van der Waals surface area contributed by atoms with Gasteiger partial charge in [-0.25, -0.2) is 4.68 Å². The van der Waals surface area contributed by atoms with Crippen LogP contribution in [-0.4, -0.2) is 38.3 Å². The molecule has 1 aliphatic rings. The molecule has 16 heavy (non-hydrogen) atoms. The Morgan fingerprint density at radius 3 is 3.12 bits per heavy atom. The predicted octanol–water partition coefficient (Wildman–Crippen LogP) is 1.10. The Labute approximate surface area is 100 Å². The third kappa shape index (κ3) is 2.95. The van der Waals surface area contributed by atoms with Crippen LogP contribution >= 0.6 is 11.8 Å². The lowest BCUT2D eigenvalue weighted by Gasteiger charge is -2.11. The molecule has 0 saturated carbocycles. The van der Waals surface area contributed by atoms with Crippen molar-refractivity contribution in [2.45, 2.75) is 32.9 Å². The normalized spacial score (nSPS) is 20.8. The van der Waals surface area contributed by atoms with E-state index < -0.39 is 0 Å². The second kappa shape index (κ2) is 5.63. The van der Waals surface area contributed by atoms with E-state index in [1.165, 1.54) is 12.2 Å². The minimum atomic E-state index is 0.496. The largest absolute Gasteiger partial charge is 0.310 e. The fraction of sp³-hybridized carbons (Fsp3) is 0.900. The molecule has 0 radical (unpaired) electrons. The van der Waals surface area contributed by atoms with Gasteiger partial charge in [-0.15, -0.1) is 5.10 Å². The summed E-state index contributed by atoms with van der Waals surface area (Å²) >= 11 is 1.98. The fourth-order valence-corrected chi connectivity index (χ4v) is 2.99. The van der Waals surface area contributed by atoms with Crippen molar-refractivity contribution in [1.29, 1.82) is 0 Å². The minimum Gasteiger partial charge on any atom is -0.310 e. The zero-order valence-electron chi connectivity index (χ0n) is 9.89. The molecule has 0 amide bonds. The zero-order chi connectivity index (χ0) is 11.4. The third-order valence-electron chi connectivity index (χ3n) is 2.65. The highest BCUT2D eigenvalue weighted by Crippen LogP contribution is 2.27. The Bertz CT molecular complexity index is 319. The van der Waals surface area contributed by atoms with Crippen LogP contribution in [0.5, 0.6) is 0 Å². The fourth-order valence-electron chi connectivity index (χ4n) is 1.80. The molecule has 1 N–H and O–H groups in total. The molecule has 1 unspecified atom stereocenters. The van der Waals surface area contributed by atoms with Crippen LogP contribution < -0.4 is 5.32 Å².